The zero-order chi connectivity index (χ0) is 11.0. The molecule has 0 aliphatic rings. The number of hydrogen-bond donors (Lipinski definition) is 1. The Morgan fingerprint density at radius 1 is 1.07 bits per heavy atom. The van der Waals surface area contributed by atoms with Gasteiger partial charge in [-0.15, -0.1) is 0 Å². The summed E-state index contributed by atoms with van der Waals surface area (Å²) in [7, 11) is 0. The van der Waals surface area contributed by atoms with E-state index in [1.54, 1.807) is 0 Å². The summed E-state index contributed by atoms with van der Waals surface area (Å²) in [5, 5.41) is 3.46. The van der Waals surface area contributed by atoms with E-state index in [-0.39, 0.29) is 0 Å². The highest BCUT2D eigenvalue weighted by Crippen LogP contribution is 2.00. The lowest BCUT2D eigenvalue weighted by molar-refractivity contribution is 0.218. The van der Waals surface area contributed by atoms with Crippen molar-refractivity contribution in [3.05, 3.63) is 0 Å². The van der Waals surface area contributed by atoms with Crippen LogP contribution in [0.3, 0.4) is 0 Å². The van der Waals surface area contributed by atoms with E-state index in [2.05, 4.69) is 44.8 Å². The molecule has 0 rings (SSSR count). The topological polar surface area (TPSA) is 15.3 Å². The second kappa shape index (κ2) is 8.25. The van der Waals surface area contributed by atoms with Gasteiger partial charge in [0.05, 0.1) is 0 Å². The third-order valence-electron chi connectivity index (χ3n) is 2.42. The van der Waals surface area contributed by atoms with E-state index in [9.17, 15) is 0 Å². The van der Waals surface area contributed by atoms with E-state index in [0.29, 0.717) is 12.1 Å². The van der Waals surface area contributed by atoms with E-state index in [1.165, 1.54) is 25.9 Å². The van der Waals surface area contributed by atoms with E-state index in [1.807, 2.05) is 0 Å². The summed E-state index contributed by atoms with van der Waals surface area (Å²) in [5.41, 5.74) is 0. The molecule has 0 aromatic heterocycles. The number of rotatable bonds is 8. The molecule has 0 amide bonds. The Bertz CT molecular complexity index is 121. The number of hydrogen-bond acceptors (Lipinski definition) is 2. The summed E-state index contributed by atoms with van der Waals surface area (Å²) in [4.78, 5) is 2.56. The van der Waals surface area contributed by atoms with Crippen molar-refractivity contribution < 1.29 is 0 Å². The standard InChI is InChI=1S/C12H28N2/c1-6-9-14(12(4)5)10-7-8-13-11(2)3/h11-13H,6-10H2,1-5H3. The molecule has 0 radical (unpaired) electrons. The molecule has 0 fully saturated rings. The largest absolute Gasteiger partial charge is 0.314 e. The Kier molecular flexibility index (Phi) is 8.20. The molecule has 1 N–H and O–H groups in total. The Labute approximate surface area is 90.1 Å². The summed E-state index contributed by atoms with van der Waals surface area (Å²) in [6.07, 6.45) is 2.52. The Hall–Kier alpha value is -0.0800. The predicted molar refractivity (Wildman–Crippen MR) is 64.8 cm³/mol. The first-order chi connectivity index (χ1) is 6.57. The molecule has 2 heteroatoms. The van der Waals surface area contributed by atoms with Crippen molar-refractivity contribution in [2.45, 2.75) is 59.5 Å². The molecule has 0 aliphatic heterocycles. The predicted octanol–water partition coefficient (Wildman–Crippen LogP) is 2.49. The Morgan fingerprint density at radius 3 is 2.14 bits per heavy atom. The van der Waals surface area contributed by atoms with E-state index < -0.39 is 0 Å². The van der Waals surface area contributed by atoms with Crippen LogP contribution >= 0.6 is 0 Å². The van der Waals surface area contributed by atoms with Gasteiger partial charge in [0.1, 0.15) is 0 Å². The molecule has 0 saturated carbocycles. The van der Waals surface area contributed by atoms with Crippen LogP contribution in [0, 0.1) is 0 Å². The first-order valence-electron chi connectivity index (χ1n) is 6.05. The molecule has 2 nitrogen and oxygen atoms in total. The molecular formula is C12H28N2. The average Bonchev–Trinajstić information content (AvgIpc) is 2.09. The zero-order valence-electron chi connectivity index (χ0n) is 10.6. The van der Waals surface area contributed by atoms with Gasteiger partial charge in [-0.25, -0.2) is 0 Å². The van der Waals surface area contributed by atoms with Crippen LogP contribution in [0.5, 0.6) is 0 Å². The lowest BCUT2D eigenvalue weighted by Gasteiger charge is -2.26. The molecule has 0 aliphatic carbocycles. The lowest BCUT2D eigenvalue weighted by atomic mass is 10.2. The molecule has 0 aromatic carbocycles. The highest BCUT2D eigenvalue weighted by Gasteiger charge is 2.06. The molecular weight excluding hydrogens is 172 g/mol. The first-order valence-corrected chi connectivity index (χ1v) is 6.05. The summed E-state index contributed by atoms with van der Waals surface area (Å²) < 4.78 is 0. The minimum absolute atomic E-state index is 0.619. The van der Waals surface area contributed by atoms with Crippen molar-refractivity contribution in [2.75, 3.05) is 19.6 Å². The first kappa shape index (κ1) is 13.9. The molecule has 0 saturated heterocycles. The molecule has 0 bridgehead atoms. The van der Waals surface area contributed by atoms with Crippen molar-refractivity contribution in [3.8, 4) is 0 Å². The summed E-state index contributed by atoms with van der Waals surface area (Å²) >= 11 is 0. The van der Waals surface area contributed by atoms with E-state index in [4.69, 9.17) is 0 Å². The minimum atomic E-state index is 0.619. The molecule has 0 spiro atoms. The summed E-state index contributed by atoms with van der Waals surface area (Å²) in [6.45, 7) is 14.8. The van der Waals surface area contributed by atoms with Crippen LogP contribution in [0.25, 0.3) is 0 Å². The molecule has 0 atom stereocenters. The second-order valence-electron chi connectivity index (χ2n) is 4.59. The maximum Gasteiger partial charge on any atom is 0.00385 e. The zero-order valence-corrected chi connectivity index (χ0v) is 10.6. The Balaban J connectivity index is 3.50. The van der Waals surface area contributed by atoms with Gasteiger partial charge in [0.25, 0.3) is 0 Å². The average molecular weight is 200 g/mol. The summed E-state index contributed by atoms with van der Waals surface area (Å²) in [5.74, 6) is 0. The minimum Gasteiger partial charge on any atom is -0.314 e. The fourth-order valence-corrected chi connectivity index (χ4v) is 1.59. The van der Waals surface area contributed by atoms with Crippen LogP contribution in [0.2, 0.25) is 0 Å². The van der Waals surface area contributed by atoms with Crippen LogP contribution in [-0.2, 0) is 0 Å². The fraction of sp³-hybridized carbons (Fsp3) is 1.00. The molecule has 0 aromatic rings. The van der Waals surface area contributed by atoms with Crippen molar-refractivity contribution in [2.24, 2.45) is 0 Å². The van der Waals surface area contributed by atoms with Gasteiger partial charge >= 0.3 is 0 Å². The summed E-state index contributed by atoms with van der Waals surface area (Å²) in [6, 6.07) is 1.31. The number of nitrogens with zero attached hydrogens (tertiary/aromatic N) is 1. The highest BCUT2D eigenvalue weighted by molar-refractivity contribution is 4.63. The smallest absolute Gasteiger partial charge is 0.00385 e. The Morgan fingerprint density at radius 2 is 1.71 bits per heavy atom. The third-order valence-corrected chi connectivity index (χ3v) is 2.42. The van der Waals surface area contributed by atoms with Crippen molar-refractivity contribution >= 4 is 0 Å². The van der Waals surface area contributed by atoms with Gasteiger partial charge < -0.3 is 10.2 Å². The van der Waals surface area contributed by atoms with Crippen LogP contribution < -0.4 is 5.32 Å². The quantitative estimate of drug-likeness (QED) is 0.606. The van der Waals surface area contributed by atoms with Crippen molar-refractivity contribution in [1.82, 2.24) is 10.2 Å². The van der Waals surface area contributed by atoms with Gasteiger partial charge in [0, 0.05) is 12.1 Å². The lowest BCUT2D eigenvalue weighted by Crippen LogP contribution is -2.34. The molecule has 0 unspecified atom stereocenters. The normalized spacial score (nSPS) is 12.0. The molecule has 14 heavy (non-hydrogen) atoms. The maximum absolute atomic E-state index is 3.46. The highest BCUT2D eigenvalue weighted by atomic mass is 15.1. The molecule has 86 valence electrons. The van der Waals surface area contributed by atoms with Gasteiger partial charge in [-0.2, -0.15) is 0 Å². The van der Waals surface area contributed by atoms with Gasteiger partial charge in [-0.3, -0.25) is 0 Å². The van der Waals surface area contributed by atoms with Crippen LogP contribution in [0.4, 0.5) is 0 Å². The second-order valence-corrected chi connectivity index (χ2v) is 4.59. The number of nitrogens with one attached hydrogen (secondary N) is 1. The molecule has 0 heterocycles. The van der Waals surface area contributed by atoms with E-state index in [0.717, 1.165) is 6.54 Å². The van der Waals surface area contributed by atoms with Crippen LogP contribution in [0.1, 0.15) is 47.5 Å². The van der Waals surface area contributed by atoms with Crippen LogP contribution in [-0.4, -0.2) is 36.6 Å². The van der Waals surface area contributed by atoms with Crippen LogP contribution in [0.15, 0.2) is 0 Å². The van der Waals surface area contributed by atoms with Crippen molar-refractivity contribution in [1.29, 1.82) is 0 Å². The fourth-order valence-electron chi connectivity index (χ4n) is 1.59. The van der Waals surface area contributed by atoms with Crippen molar-refractivity contribution in [3.63, 3.8) is 0 Å². The maximum atomic E-state index is 3.46. The monoisotopic (exact) mass is 200 g/mol. The van der Waals surface area contributed by atoms with E-state index >= 15 is 0 Å². The van der Waals surface area contributed by atoms with Gasteiger partial charge in [-0.1, -0.05) is 20.8 Å². The van der Waals surface area contributed by atoms with Gasteiger partial charge in [0.15, 0.2) is 0 Å². The van der Waals surface area contributed by atoms with Gasteiger partial charge in [-0.05, 0) is 46.3 Å². The SMILES string of the molecule is CCCN(CCCNC(C)C)C(C)C. The van der Waals surface area contributed by atoms with Gasteiger partial charge in [0.2, 0.25) is 0 Å². The third kappa shape index (κ3) is 7.34.